The Bertz CT molecular complexity index is 696. The van der Waals surface area contributed by atoms with Crippen LogP contribution in [0.3, 0.4) is 0 Å². The molecule has 1 heterocycles. The molecule has 0 atom stereocenters. The van der Waals surface area contributed by atoms with E-state index in [2.05, 4.69) is 15.9 Å². The van der Waals surface area contributed by atoms with Crippen LogP contribution < -0.4 is 24.4 Å². The van der Waals surface area contributed by atoms with Gasteiger partial charge in [-0.15, -0.1) is 0 Å². The van der Waals surface area contributed by atoms with E-state index in [-0.39, 0.29) is 0 Å². The van der Waals surface area contributed by atoms with Crippen LogP contribution in [0.2, 0.25) is 0 Å². The summed E-state index contributed by atoms with van der Waals surface area (Å²) in [4.78, 5) is 0. The maximum Gasteiger partial charge on any atom is 0.162 e. The Labute approximate surface area is 174 Å². The van der Waals surface area contributed by atoms with Gasteiger partial charge in [0.25, 0.3) is 0 Å². The van der Waals surface area contributed by atoms with E-state index in [1.165, 1.54) is 0 Å². The standard InChI is InChI=1S/C20H24BBrO6/c21-15-1-3-17-19(13-15)27-11-7-24-8-12-28-20-14-16(22)2-4-18(20)26-10-6-23-5-9-25-17/h1-4,13-14H,5-12,21H2. The molecule has 3 rings (SSSR count). The van der Waals surface area contributed by atoms with E-state index in [0.29, 0.717) is 75.9 Å². The summed E-state index contributed by atoms with van der Waals surface area (Å²) >= 11 is 3.45. The second-order valence-electron chi connectivity index (χ2n) is 6.16. The Morgan fingerprint density at radius 1 is 0.571 bits per heavy atom. The molecule has 0 aromatic heterocycles. The van der Waals surface area contributed by atoms with Crippen molar-refractivity contribution >= 4 is 29.2 Å². The van der Waals surface area contributed by atoms with E-state index in [1.807, 2.05) is 44.2 Å². The van der Waals surface area contributed by atoms with Crippen LogP contribution in [0.1, 0.15) is 0 Å². The highest BCUT2D eigenvalue weighted by Crippen LogP contribution is 2.30. The van der Waals surface area contributed by atoms with Crippen LogP contribution in [0.4, 0.5) is 0 Å². The number of ether oxygens (including phenoxy) is 6. The molecule has 0 fully saturated rings. The lowest BCUT2D eigenvalue weighted by Gasteiger charge is -2.16. The van der Waals surface area contributed by atoms with Crippen LogP contribution >= 0.6 is 15.9 Å². The van der Waals surface area contributed by atoms with Crippen LogP contribution in [-0.2, 0) is 9.47 Å². The lowest BCUT2D eigenvalue weighted by atomic mass is 9.96. The second-order valence-corrected chi connectivity index (χ2v) is 7.08. The first-order chi connectivity index (χ1) is 13.7. The first-order valence-electron chi connectivity index (χ1n) is 9.29. The monoisotopic (exact) mass is 450 g/mol. The summed E-state index contributed by atoms with van der Waals surface area (Å²) in [6.07, 6.45) is 0. The van der Waals surface area contributed by atoms with E-state index >= 15 is 0 Å². The molecule has 1 aliphatic rings. The van der Waals surface area contributed by atoms with Gasteiger partial charge in [0.1, 0.15) is 34.3 Å². The molecule has 6 nitrogen and oxygen atoms in total. The fraction of sp³-hybridized carbons (Fsp3) is 0.400. The third-order valence-electron chi connectivity index (χ3n) is 3.95. The van der Waals surface area contributed by atoms with Crippen LogP contribution in [0.15, 0.2) is 40.9 Å². The molecule has 1 aliphatic heterocycles. The number of hydrogen-bond acceptors (Lipinski definition) is 6. The van der Waals surface area contributed by atoms with Crippen molar-refractivity contribution in [2.75, 3.05) is 52.9 Å². The van der Waals surface area contributed by atoms with Crippen molar-refractivity contribution in [3.05, 3.63) is 40.9 Å². The molecular formula is C20H24BBrO6. The Morgan fingerprint density at radius 2 is 1.04 bits per heavy atom. The first kappa shape index (κ1) is 20.8. The zero-order valence-electron chi connectivity index (χ0n) is 15.9. The third-order valence-corrected chi connectivity index (χ3v) is 4.44. The number of benzene rings is 2. The molecule has 0 aliphatic carbocycles. The smallest absolute Gasteiger partial charge is 0.162 e. The predicted molar refractivity (Wildman–Crippen MR) is 112 cm³/mol. The van der Waals surface area contributed by atoms with Crippen LogP contribution in [0, 0.1) is 0 Å². The minimum Gasteiger partial charge on any atom is -0.487 e. The van der Waals surface area contributed by atoms with Crippen LogP contribution in [-0.4, -0.2) is 60.7 Å². The highest BCUT2D eigenvalue weighted by molar-refractivity contribution is 9.10. The summed E-state index contributed by atoms with van der Waals surface area (Å²) in [5.41, 5.74) is 1.11. The zero-order valence-corrected chi connectivity index (χ0v) is 17.5. The summed E-state index contributed by atoms with van der Waals surface area (Å²) in [5.74, 6) is 2.76. The Balaban J connectivity index is 1.60. The largest absolute Gasteiger partial charge is 0.487 e. The summed E-state index contributed by atoms with van der Waals surface area (Å²) in [6, 6.07) is 11.5. The highest BCUT2D eigenvalue weighted by Gasteiger charge is 2.08. The van der Waals surface area contributed by atoms with Crippen molar-refractivity contribution in [3.8, 4) is 23.0 Å². The van der Waals surface area contributed by atoms with Crippen molar-refractivity contribution in [1.29, 1.82) is 0 Å². The van der Waals surface area contributed by atoms with Gasteiger partial charge in [0, 0.05) is 4.47 Å². The van der Waals surface area contributed by atoms with Crippen molar-refractivity contribution in [2.24, 2.45) is 0 Å². The average molecular weight is 451 g/mol. The van der Waals surface area contributed by atoms with Gasteiger partial charge in [-0.25, -0.2) is 0 Å². The van der Waals surface area contributed by atoms with Gasteiger partial charge in [0.15, 0.2) is 23.0 Å². The number of fused-ring (bicyclic) bond motifs is 2. The maximum absolute atomic E-state index is 5.83. The number of hydrogen-bond donors (Lipinski definition) is 0. The minimum absolute atomic E-state index is 0.419. The van der Waals surface area contributed by atoms with Crippen LogP contribution in [0.5, 0.6) is 23.0 Å². The van der Waals surface area contributed by atoms with E-state index in [1.54, 1.807) is 0 Å². The molecule has 0 saturated heterocycles. The number of rotatable bonds is 0. The quantitative estimate of drug-likeness (QED) is 0.572. The molecule has 150 valence electrons. The van der Waals surface area contributed by atoms with Crippen molar-refractivity contribution in [2.45, 2.75) is 0 Å². The molecule has 0 bridgehead atoms. The van der Waals surface area contributed by atoms with E-state index in [9.17, 15) is 0 Å². The molecule has 2 aromatic carbocycles. The Kier molecular flexibility index (Phi) is 8.32. The van der Waals surface area contributed by atoms with Crippen LogP contribution in [0.25, 0.3) is 0 Å². The van der Waals surface area contributed by atoms with Crippen molar-refractivity contribution in [3.63, 3.8) is 0 Å². The van der Waals surface area contributed by atoms with Gasteiger partial charge in [-0.3, -0.25) is 0 Å². The number of halogens is 1. The van der Waals surface area contributed by atoms with E-state index in [0.717, 1.165) is 9.94 Å². The van der Waals surface area contributed by atoms with Gasteiger partial charge >= 0.3 is 0 Å². The van der Waals surface area contributed by atoms with E-state index < -0.39 is 0 Å². The topological polar surface area (TPSA) is 55.4 Å². The first-order valence-corrected chi connectivity index (χ1v) is 10.1. The second kappa shape index (κ2) is 11.2. The maximum atomic E-state index is 5.83. The molecule has 28 heavy (non-hydrogen) atoms. The summed E-state index contributed by atoms with van der Waals surface area (Å²) in [7, 11) is 2.02. The van der Waals surface area contributed by atoms with Gasteiger partial charge < -0.3 is 28.4 Å². The SMILES string of the molecule is Bc1ccc2c(c1)OCCOCCOc1cc(Br)ccc1OCCOCCO2. The zero-order chi connectivity index (χ0) is 19.6. The molecule has 0 amide bonds. The normalized spacial score (nSPS) is 16.6. The molecule has 8 heteroatoms. The molecule has 0 unspecified atom stereocenters. The summed E-state index contributed by atoms with van der Waals surface area (Å²) < 4.78 is 35.3. The van der Waals surface area contributed by atoms with Gasteiger partial charge in [0.2, 0.25) is 0 Å². The summed E-state index contributed by atoms with van der Waals surface area (Å²) in [5, 5.41) is 0. The Morgan fingerprint density at radius 3 is 1.61 bits per heavy atom. The molecule has 0 saturated carbocycles. The molecule has 0 radical (unpaired) electrons. The molecule has 0 N–H and O–H groups in total. The minimum atomic E-state index is 0.419. The molecular weight excluding hydrogens is 427 g/mol. The molecule has 2 aromatic rings. The summed E-state index contributed by atoms with van der Waals surface area (Å²) in [6.45, 7) is 3.54. The Hall–Kier alpha value is -1.90. The lowest BCUT2D eigenvalue weighted by Crippen LogP contribution is -2.16. The molecule has 0 spiro atoms. The van der Waals surface area contributed by atoms with Gasteiger partial charge in [-0.2, -0.15) is 0 Å². The highest BCUT2D eigenvalue weighted by atomic mass is 79.9. The fourth-order valence-corrected chi connectivity index (χ4v) is 2.95. The van der Waals surface area contributed by atoms with Crippen molar-refractivity contribution in [1.82, 2.24) is 0 Å². The predicted octanol–water partition coefficient (Wildman–Crippen LogP) is 1.97. The van der Waals surface area contributed by atoms with Crippen molar-refractivity contribution < 1.29 is 28.4 Å². The van der Waals surface area contributed by atoms with Gasteiger partial charge in [0.05, 0.1) is 26.4 Å². The fourth-order valence-electron chi connectivity index (χ4n) is 2.61. The van der Waals surface area contributed by atoms with Gasteiger partial charge in [-0.1, -0.05) is 27.5 Å². The van der Waals surface area contributed by atoms with Gasteiger partial charge in [-0.05, 0) is 30.3 Å². The average Bonchev–Trinajstić information content (AvgIpc) is 2.68. The third kappa shape index (κ3) is 6.62. The lowest BCUT2D eigenvalue weighted by molar-refractivity contribution is 0.0640. The van der Waals surface area contributed by atoms with E-state index in [4.69, 9.17) is 28.4 Å².